The molecule has 1 aromatic heterocycles. The minimum Gasteiger partial charge on any atom is -0.481 e. The fraction of sp³-hybridized carbons (Fsp3) is 0.588. The lowest BCUT2D eigenvalue weighted by Gasteiger charge is -2.45. The number of hydrogen-bond donors (Lipinski definition) is 3. The van der Waals surface area contributed by atoms with E-state index in [0.717, 1.165) is 36.9 Å². The Kier molecular flexibility index (Phi) is 4.62. The number of thiocarbonyl (C=S) groups is 1. The van der Waals surface area contributed by atoms with E-state index in [4.69, 9.17) is 17.0 Å². The summed E-state index contributed by atoms with van der Waals surface area (Å²) < 4.78 is 5.37. The van der Waals surface area contributed by atoms with Gasteiger partial charge < -0.3 is 10.1 Å². The van der Waals surface area contributed by atoms with Crippen LogP contribution in [0.4, 0.5) is 0 Å². The van der Waals surface area contributed by atoms with E-state index in [1.165, 1.54) is 0 Å². The standard InChI is InChI=1S/C17H24N4O2S/c1-10-8-17(9-10,15(22)20-21-16(24)18-2)12-6-13(11-4-5-11)19-14(7-12)23-3/h6-7,10-11H,4-5,8-9H2,1-3H3,(H,20,22)(H2,18,21,24). The Hall–Kier alpha value is -1.89. The van der Waals surface area contributed by atoms with Gasteiger partial charge in [-0.3, -0.25) is 15.6 Å². The Morgan fingerprint density at radius 1 is 1.33 bits per heavy atom. The molecule has 1 aromatic rings. The van der Waals surface area contributed by atoms with Gasteiger partial charge in [0.15, 0.2) is 5.11 Å². The lowest BCUT2D eigenvalue weighted by atomic mass is 9.58. The molecule has 2 aliphatic rings. The minimum absolute atomic E-state index is 0.0619. The van der Waals surface area contributed by atoms with Crippen molar-refractivity contribution in [3.8, 4) is 5.88 Å². The van der Waals surface area contributed by atoms with Crippen LogP contribution in [0.3, 0.4) is 0 Å². The summed E-state index contributed by atoms with van der Waals surface area (Å²) in [7, 11) is 3.32. The van der Waals surface area contributed by atoms with E-state index in [0.29, 0.717) is 22.8 Å². The monoisotopic (exact) mass is 348 g/mol. The highest BCUT2D eigenvalue weighted by atomic mass is 32.1. The molecule has 0 saturated heterocycles. The number of pyridine rings is 1. The first-order valence-electron chi connectivity index (χ1n) is 8.33. The van der Waals surface area contributed by atoms with Gasteiger partial charge in [0.05, 0.1) is 12.5 Å². The molecule has 1 heterocycles. The molecule has 0 spiro atoms. The summed E-state index contributed by atoms with van der Waals surface area (Å²) in [6.07, 6.45) is 3.94. The molecule has 2 fully saturated rings. The number of rotatable bonds is 4. The molecule has 130 valence electrons. The zero-order valence-electron chi connectivity index (χ0n) is 14.3. The fourth-order valence-electron chi connectivity index (χ4n) is 3.47. The van der Waals surface area contributed by atoms with Gasteiger partial charge in [-0.2, -0.15) is 0 Å². The molecular weight excluding hydrogens is 324 g/mol. The summed E-state index contributed by atoms with van der Waals surface area (Å²) in [5.74, 6) is 1.54. The Morgan fingerprint density at radius 3 is 2.58 bits per heavy atom. The van der Waals surface area contributed by atoms with Crippen molar-refractivity contribution >= 4 is 23.2 Å². The number of nitrogens with one attached hydrogen (secondary N) is 3. The van der Waals surface area contributed by atoms with Gasteiger partial charge in [0, 0.05) is 24.7 Å². The van der Waals surface area contributed by atoms with Gasteiger partial charge in [-0.05, 0) is 55.4 Å². The first-order chi connectivity index (χ1) is 11.5. The van der Waals surface area contributed by atoms with Gasteiger partial charge in [-0.15, -0.1) is 0 Å². The average molecular weight is 348 g/mol. The molecular formula is C17H24N4O2S. The quantitative estimate of drug-likeness (QED) is 0.569. The predicted molar refractivity (Wildman–Crippen MR) is 95.8 cm³/mol. The molecule has 0 aliphatic heterocycles. The Morgan fingerprint density at radius 2 is 2.04 bits per heavy atom. The van der Waals surface area contributed by atoms with Crippen LogP contribution < -0.4 is 20.9 Å². The van der Waals surface area contributed by atoms with E-state index in [9.17, 15) is 4.79 Å². The summed E-state index contributed by atoms with van der Waals surface area (Å²) >= 11 is 5.03. The van der Waals surface area contributed by atoms with E-state index >= 15 is 0 Å². The first-order valence-corrected chi connectivity index (χ1v) is 8.74. The van der Waals surface area contributed by atoms with Gasteiger partial charge in [0.25, 0.3) is 0 Å². The number of aromatic nitrogens is 1. The minimum atomic E-state index is -0.546. The maximum Gasteiger partial charge on any atom is 0.249 e. The zero-order chi connectivity index (χ0) is 17.3. The van der Waals surface area contributed by atoms with Crippen molar-refractivity contribution in [2.45, 2.75) is 43.9 Å². The molecule has 3 rings (SSSR count). The smallest absolute Gasteiger partial charge is 0.249 e. The number of nitrogens with zero attached hydrogens (tertiary/aromatic N) is 1. The highest BCUT2D eigenvalue weighted by molar-refractivity contribution is 7.80. The van der Waals surface area contributed by atoms with Crippen LogP contribution in [0.5, 0.6) is 5.88 Å². The number of ether oxygens (including phenoxy) is 1. The van der Waals surface area contributed by atoms with Crippen molar-refractivity contribution in [2.24, 2.45) is 5.92 Å². The van der Waals surface area contributed by atoms with Crippen LogP contribution in [-0.4, -0.2) is 30.2 Å². The molecule has 1 amide bonds. The number of hydrazine groups is 1. The van der Waals surface area contributed by atoms with Crippen LogP contribution in [0, 0.1) is 5.92 Å². The molecule has 0 radical (unpaired) electrons. The lowest BCUT2D eigenvalue weighted by molar-refractivity contribution is -0.132. The maximum atomic E-state index is 12.9. The molecule has 0 atom stereocenters. The van der Waals surface area contributed by atoms with Crippen LogP contribution in [0.1, 0.15) is 49.8 Å². The van der Waals surface area contributed by atoms with Crippen LogP contribution in [0.15, 0.2) is 12.1 Å². The van der Waals surface area contributed by atoms with Crippen molar-refractivity contribution in [3.05, 3.63) is 23.4 Å². The molecule has 6 nitrogen and oxygen atoms in total. The third kappa shape index (κ3) is 3.17. The highest BCUT2D eigenvalue weighted by Gasteiger charge is 2.50. The molecule has 7 heteroatoms. The number of hydrogen-bond acceptors (Lipinski definition) is 4. The van der Waals surface area contributed by atoms with Gasteiger partial charge in [-0.1, -0.05) is 6.92 Å². The number of amides is 1. The van der Waals surface area contributed by atoms with Gasteiger partial charge >= 0.3 is 0 Å². The summed E-state index contributed by atoms with van der Waals surface area (Å²) in [4.78, 5) is 17.4. The van der Waals surface area contributed by atoms with E-state index in [1.54, 1.807) is 14.2 Å². The first kappa shape index (κ1) is 17.0. The maximum absolute atomic E-state index is 12.9. The summed E-state index contributed by atoms with van der Waals surface area (Å²) in [6, 6.07) is 3.98. The third-order valence-corrected chi connectivity index (χ3v) is 5.23. The average Bonchev–Trinajstić information content (AvgIpc) is 3.40. The summed E-state index contributed by atoms with van der Waals surface area (Å²) in [5.41, 5.74) is 6.97. The van der Waals surface area contributed by atoms with Crippen LogP contribution in [0.25, 0.3) is 0 Å². The molecule has 0 aromatic carbocycles. The molecule has 2 aliphatic carbocycles. The van der Waals surface area contributed by atoms with Crippen molar-refractivity contribution in [3.63, 3.8) is 0 Å². The fourth-order valence-corrected chi connectivity index (χ4v) is 3.52. The second-order valence-corrected chi connectivity index (χ2v) is 7.26. The Labute approximate surface area is 147 Å². The largest absolute Gasteiger partial charge is 0.481 e. The number of methoxy groups -OCH3 is 1. The van der Waals surface area contributed by atoms with Gasteiger partial charge in [-0.25, -0.2) is 4.98 Å². The Balaban J connectivity index is 1.88. The molecule has 2 saturated carbocycles. The van der Waals surface area contributed by atoms with Crippen LogP contribution in [0.2, 0.25) is 0 Å². The van der Waals surface area contributed by atoms with Crippen LogP contribution in [-0.2, 0) is 10.2 Å². The molecule has 0 unspecified atom stereocenters. The number of carbonyl (C=O) groups is 1. The van der Waals surface area contributed by atoms with E-state index in [1.807, 2.05) is 6.07 Å². The van der Waals surface area contributed by atoms with Gasteiger partial charge in [0.2, 0.25) is 11.8 Å². The number of carbonyl (C=O) groups excluding carboxylic acids is 1. The summed E-state index contributed by atoms with van der Waals surface area (Å²) in [6.45, 7) is 2.16. The van der Waals surface area contributed by atoms with E-state index < -0.39 is 5.41 Å². The summed E-state index contributed by atoms with van der Waals surface area (Å²) in [5, 5.41) is 3.17. The predicted octanol–water partition coefficient (Wildman–Crippen LogP) is 1.76. The normalized spacial score (nSPS) is 25.4. The van der Waals surface area contributed by atoms with E-state index in [2.05, 4.69) is 34.1 Å². The van der Waals surface area contributed by atoms with Crippen molar-refractivity contribution in [2.75, 3.05) is 14.2 Å². The molecule has 0 bridgehead atoms. The third-order valence-electron chi connectivity index (χ3n) is 4.92. The molecule has 3 N–H and O–H groups in total. The van der Waals surface area contributed by atoms with Gasteiger partial charge in [0.1, 0.15) is 0 Å². The SMILES string of the molecule is CNC(=S)NNC(=O)C1(c2cc(OC)nc(C3CC3)c2)CC(C)C1. The van der Waals surface area contributed by atoms with Crippen molar-refractivity contribution in [1.82, 2.24) is 21.2 Å². The van der Waals surface area contributed by atoms with Crippen molar-refractivity contribution in [1.29, 1.82) is 0 Å². The molecule has 24 heavy (non-hydrogen) atoms. The second-order valence-electron chi connectivity index (χ2n) is 6.85. The Bertz CT molecular complexity index is 654. The topological polar surface area (TPSA) is 75.3 Å². The van der Waals surface area contributed by atoms with Crippen LogP contribution >= 0.6 is 12.2 Å². The highest BCUT2D eigenvalue weighted by Crippen LogP contribution is 2.50. The second kappa shape index (κ2) is 6.55. The zero-order valence-corrected chi connectivity index (χ0v) is 15.1. The van der Waals surface area contributed by atoms with E-state index in [-0.39, 0.29) is 5.91 Å². The lowest BCUT2D eigenvalue weighted by Crippen LogP contribution is -2.57. The van der Waals surface area contributed by atoms with Crippen molar-refractivity contribution < 1.29 is 9.53 Å².